The highest BCUT2D eigenvalue weighted by atomic mass is 16.5. The minimum atomic E-state index is -0.216. The van der Waals surface area contributed by atoms with Crippen LogP contribution in [-0.4, -0.2) is 26.2 Å². The maximum absolute atomic E-state index is 11.1. The molecule has 0 spiro atoms. The molecule has 1 unspecified atom stereocenters. The Labute approximate surface area is 84.1 Å². The highest BCUT2D eigenvalue weighted by molar-refractivity contribution is 5.70. The lowest BCUT2D eigenvalue weighted by atomic mass is 9.92. The summed E-state index contributed by atoms with van der Waals surface area (Å²) >= 11 is 0. The van der Waals surface area contributed by atoms with Crippen LogP contribution in [0.1, 0.15) is 19.3 Å². The molecule has 1 aliphatic heterocycles. The van der Waals surface area contributed by atoms with Gasteiger partial charge in [0.25, 0.3) is 0 Å². The fourth-order valence-corrected chi connectivity index (χ4v) is 1.54. The number of carbonyl (C=O) groups is 1. The number of esters is 1. The lowest BCUT2D eigenvalue weighted by Crippen LogP contribution is -2.22. The smallest absolute Gasteiger partial charge is 0.306 e. The average molecular weight is 199 g/mol. The monoisotopic (exact) mass is 199 g/mol. The van der Waals surface area contributed by atoms with Gasteiger partial charge in [-0.25, -0.2) is 0 Å². The van der Waals surface area contributed by atoms with Crippen molar-refractivity contribution in [1.29, 1.82) is 0 Å². The lowest BCUT2D eigenvalue weighted by molar-refractivity contribution is -0.141. The van der Waals surface area contributed by atoms with Gasteiger partial charge in [-0.1, -0.05) is 0 Å². The second kappa shape index (κ2) is 5.65. The second-order valence-corrected chi connectivity index (χ2v) is 3.38. The first kappa shape index (κ1) is 11.0. The van der Waals surface area contributed by atoms with Gasteiger partial charge in [-0.3, -0.25) is 4.79 Å². The van der Waals surface area contributed by atoms with Crippen molar-refractivity contribution in [2.45, 2.75) is 19.3 Å². The summed E-state index contributed by atoms with van der Waals surface area (Å²) in [6.45, 7) is 1.23. The SMILES string of the molecule is COC(=O)CC(CN)C1=COCCC1. The summed E-state index contributed by atoms with van der Waals surface area (Å²) in [5.74, 6) is -0.144. The molecule has 80 valence electrons. The Morgan fingerprint density at radius 3 is 3.07 bits per heavy atom. The van der Waals surface area contributed by atoms with Gasteiger partial charge in [0.05, 0.1) is 26.4 Å². The number of methoxy groups -OCH3 is 1. The number of ether oxygens (including phenoxy) is 2. The van der Waals surface area contributed by atoms with Crippen molar-refractivity contribution in [3.05, 3.63) is 11.8 Å². The Hall–Kier alpha value is -1.03. The molecule has 1 heterocycles. The molecular formula is C10H17NO3. The standard InChI is InChI=1S/C10H17NO3/c1-13-10(12)5-9(6-11)8-3-2-4-14-7-8/h7,9H,2-6,11H2,1H3. The molecule has 0 aliphatic carbocycles. The van der Waals surface area contributed by atoms with Crippen molar-refractivity contribution in [3.63, 3.8) is 0 Å². The molecule has 0 aromatic heterocycles. The van der Waals surface area contributed by atoms with Gasteiger partial charge in [0.2, 0.25) is 0 Å². The molecule has 0 aromatic carbocycles. The van der Waals surface area contributed by atoms with Crippen LogP contribution in [0, 0.1) is 5.92 Å². The molecule has 0 saturated heterocycles. The highest BCUT2D eigenvalue weighted by Gasteiger charge is 2.19. The van der Waals surface area contributed by atoms with Crippen LogP contribution in [0.5, 0.6) is 0 Å². The molecule has 0 radical (unpaired) electrons. The minimum absolute atomic E-state index is 0.0720. The molecule has 0 fully saturated rings. The topological polar surface area (TPSA) is 61.5 Å². The van der Waals surface area contributed by atoms with Crippen LogP contribution in [0.2, 0.25) is 0 Å². The number of nitrogens with two attached hydrogens (primary N) is 1. The van der Waals surface area contributed by atoms with Gasteiger partial charge in [0.1, 0.15) is 0 Å². The van der Waals surface area contributed by atoms with Crippen LogP contribution >= 0.6 is 0 Å². The summed E-state index contributed by atoms with van der Waals surface area (Å²) in [5.41, 5.74) is 6.73. The van der Waals surface area contributed by atoms with E-state index in [1.165, 1.54) is 7.11 Å². The van der Waals surface area contributed by atoms with Crippen molar-refractivity contribution >= 4 is 5.97 Å². The first-order valence-corrected chi connectivity index (χ1v) is 4.85. The maximum atomic E-state index is 11.1. The van der Waals surface area contributed by atoms with E-state index in [0.717, 1.165) is 25.0 Å². The van der Waals surface area contributed by atoms with E-state index in [9.17, 15) is 4.79 Å². The van der Waals surface area contributed by atoms with Crippen molar-refractivity contribution in [2.24, 2.45) is 11.7 Å². The van der Waals surface area contributed by atoms with E-state index in [2.05, 4.69) is 4.74 Å². The molecule has 0 aromatic rings. The summed E-state index contributed by atoms with van der Waals surface area (Å²) in [7, 11) is 1.39. The molecule has 14 heavy (non-hydrogen) atoms. The van der Waals surface area contributed by atoms with E-state index in [-0.39, 0.29) is 11.9 Å². The number of carbonyl (C=O) groups excluding carboxylic acids is 1. The van der Waals surface area contributed by atoms with Crippen LogP contribution in [0.3, 0.4) is 0 Å². The average Bonchev–Trinajstić information content (AvgIpc) is 2.26. The summed E-state index contributed by atoms with van der Waals surface area (Å²) in [6, 6.07) is 0. The van der Waals surface area contributed by atoms with Crippen molar-refractivity contribution in [1.82, 2.24) is 0 Å². The fraction of sp³-hybridized carbons (Fsp3) is 0.700. The van der Waals surface area contributed by atoms with Gasteiger partial charge >= 0.3 is 5.97 Å². The molecule has 4 nitrogen and oxygen atoms in total. The van der Waals surface area contributed by atoms with Gasteiger partial charge in [-0.2, -0.15) is 0 Å². The lowest BCUT2D eigenvalue weighted by Gasteiger charge is -2.20. The Balaban J connectivity index is 2.52. The molecule has 0 saturated carbocycles. The van der Waals surface area contributed by atoms with Crippen LogP contribution < -0.4 is 5.73 Å². The molecule has 0 amide bonds. The van der Waals surface area contributed by atoms with Crippen LogP contribution in [0.25, 0.3) is 0 Å². The quantitative estimate of drug-likeness (QED) is 0.681. The van der Waals surface area contributed by atoms with Gasteiger partial charge in [0, 0.05) is 5.92 Å². The summed E-state index contributed by atoms with van der Waals surface area (Å²) in [5, 5.41) is 0. The van der Waals surface area contributed by atoms with Gasteiger partial charge in [-0.05, 0) is 25.0 Å². The van der Waals surface area contributed by atoms with E-state index in [4.69, 9.17) is 10.5 Å². The number of rotatable bonds is 4. The third kappa shape index (κ3) is 3.03. The number of hydrogen-bond donors (Lipinski definition) is 1. The van der Waals surface area contributed by atoms with Crippen molar-refractivity contribution in [2.75, 3.05) is 20.3 Å². The zero-order valence-electron chi connectivity index (χ0n) is 8.49. The molecule has 4 heteroatoms. The maximum Gasteiger partial charge on any atom is 0.306 e. The second-order valence-electron chi connectivity index (χ2n) is 3.38. The van der Waals surface area contributed by atoms with E-state index < -0.39 is 0 Å². The molecule has 0 bridgehead atoms. The van der Waals surface area contributed by atoms with E-state index in [1.807, 2.05) is 0 Å². The summed E-state index contributed by atoms with van der Waals surface area (Å²) in [6.07, 6.45) is 4.06. The van der Waals surface area contributed by atoms with Crippen LogP contribution in [0.4, 0.5) is 0 Å². The highest BCUT2D eigenvalue weighted by Crippen LogP contribution is 2.22. The first-order valence-electron chi connectivity index (χ1n) is 4.85. The fourth-order valence-electron chi connectivity index (χ4n) is 1.54. The van der Waals surface area contributed by atoms with Gasteiger partial charge in [-0.15, -0.1) is 0 Å². The minimum Gasteiger partial charge on any atom is -0.501 e. The van der Waals surface area contributed by atoms with Crippen molar-refractivity contribution in [3.8, 4) is 0 Å². The zero-order chi connectivity index (χ0) is 10.4. The Kier molecular flexibility index (Phi) is 4.46. The van der Waals surface area contributed by atoms with E-state index >= 15 is 0 Å². The van der Waals surface area contributed by atoms with E-state index in [0.29, 0.717) is 13.0 Å². The summed E-state index contributed by atoms with van der Waals surface area (Å²) < 4.78 is 9.82. The van der Waals surface area contributed by atoms with Gasteiger partial charge in [0.15, 0.2) is 0 Å². The Bertz CT molecular complexity index is 225. The van der Waals surface area contributed by atoms with Crippen LogP contribution in [-0.2, 0) is 14.3 Å². The molecular weight excluding hydrogens is 182 g/mol. The Morgan fingerprint density at radius 1 is 1.79 bits per heavy atom. The predicted molar refractivity (Wildman–Crippen MR) is 52.4 cm³/mol. The predicted octanol–water partition coefficient (Wildman–Crippen LogP) is 0.819. The third-order valence-corrected chi connectivity index (χ3v) is 2.41. The Morgan fingerprint density at radius 2 is 2.57 bits per heavy atom. The molecule has 1 aliphatic rings. The zero-order valence-corrected chi connectivity index (χ0v) is 8.49. The van der Waals surface area contributed by atoms with Gasteiger partial charge < -0.3 is 15.2 Å². The molecule has 2 N–H and O–H groups in total. The van der Waals surface area contributed by atoms with Crippen molar-refractivity contribution < 1.29 is 14.3 Å². The molecule has 1 rings (SSSR count). The third-order valence-electron chi connectivity index (χ3n) is 2.41. The van der Waals surface area contributed by atoms with Crippen LogP contribution in [0.15, 0.2) is 11.8 Å². The first-order chi connectivity index (χ1) is 6.77. The normalized spacial score (nSPS) is 18.0. The summed E-state index contributed by atoms with van der Waals surface area (Å²) in [4.78, 5) is 11.1. The van der Waals surface area contributed by atoms with E-state index in [1.54, 1.807) is 6.26 Å². The number of hydrogen-bond acceptors (Lipinski definition) is 4. The molecule has 1 atom stereocenters. The largest absolute Gasteiger partial charge is 0.501 e.